The maximum Gasteiger partial charge on any atom is 0.266 e. The van der Waals surface area contributed by atoms with Crippen molar-refractivity contribution in [1.29, 1.82) is 0 Å². The molecule has 5 heteroatoms. The van der Waals surface area contributed by atoms with Crippen molar-refractivity contribution < 1.29 is 4.79 Å². The predicted octanol–water partition coefficient (Wildman–Crippen LogP) is 4.67. The Balaban J connectivity index is 1.77. The van der Waals surface area contributed by atoms with E-state index >= 15 is 0 Å². The zero-order chi connectivity index (χ0) is 14.8. The van der Waals surface area contributed by atoms with E-state index in [9.17, 15) is 4.79 Å². The molecular formula is C16H17BrN2OS. The molecule has 1 aliphatic rings. The second kappa shape index (κ2) is 6.20. The van der Waals surface area contributed by atoms with E-state index in [-0.39, 0.29) is 5.91 Å². The zero-order valence-electron chi connectivity index (χ0n) is 11.9. The lowest BCUT2D eigenvalue weighted by molar-refractivity contribution is 0.103. The van der Waals surface area contributed by atoms with E-state index in [0.717, 1.165) is 28.8 Å². The molecule has 1 N–H and O–H groups in total. The number of amides is 1. The van der Waals surface area contributed by atoms with Crippen LogP contribution >= 0.6 is 27.3 Å². The molecule has 0 aliphatic carbocycles. The molecule has 1 fully saturated rings. The highest BCUT2D eigenvalue weighted by molar-refractivity contribution is 9.10. The molecule has 3 rings (SSSR count). The third-order valence-corrected chi connectivity index (χ3v) is 5.59. The number of hydrogen-bond acceptors (Lipinski definition) is 3. The van der Waals surface area contributed by atoms with Crippen molar-refractivity contribution in [2.75, 3.05) is 23.3 Å². The summed E-state index contributed by atoms with van der Waals surface area (Å²) in [5.41, 5.74) is 3.23. The van der Waals surface area contributed by atoms with Crippen LogP contribution in [0.2, 0.25) is 0 Å². The molecule has 0 atom stereocenters. The fraction of sp³-hybridized carbons (Fsp3) is 0.312. The van der Waals surface area contributed by atoms with Crippen molar-refractivity contribution in [3.8, 4) is 0 Å². The highest BCUT2D eigenvalue weighted by Crippen LogP contribution is 2.27. The van der Waals surface area contributed by atoms with Crippen LogP contribution in [0.15, 0.2) is 34.1 Å². The summed E-state index contributed by atoms with van der Waals surface area (Å²) in [6.07, 6.45) is 2.54. The van der Waals surface area contributed by atoms with Gasteiger partial charge in [0, 0.05) is 28.9 Å². The standard InChI is InChI=1S/C16H17BrN2OS/c1-11-10-12(19-7-2-3-8-19)4-5-14(11)18-16(20)15-13(17)6-9-21-15/h4-6,9-10H,2-3,7-8H2,1H3,(H,18,20). The molecule has 21 heavy (non-hydrogen) atoms. The monoisotopic (exact) mass is 364 g/mol. The summed E-state index contributed by atoms with van der Waals surface area (Å²) in [5.74, 6) is -0.0612. The van der Waals surface area contributed by atoms with E-state index in [1.807, 2.05) is 24.4 Å². The first-order valence-electron chi connectivity index (χ1n) is 7.05. The van der Waals surface area contributed by atoms with Crippen molar-refractivity contribution in [2.45, 2.75) is 19.8 Å². The van der Waals surface area contributed by atoms with Gasteiger partial charge in [-0.15, -0.1) is 11.3 Å². The lowest BCUT2D eigenvalue weighted by Crippen LogP contribution is -2.18. The van der Waals surface area contributed by atoms with Crippen LogP contribution in [0.25, 0.3) is 0 Å². The first-order valence-corrected chi connectivity index (χ1v) is 8.72. The Morgan fingerprint density at radius 3 is 2.67 bits per heavy atom. The molecular weight excluding hydrogens is 348 g/mol. The van der Waals surface area contributed by atoms with Crippen molar-refractivity contribution >= 4 is 44.5 Å². The smallest absolute Gasteiger partial charge is 0.266 e. The number of carbonyl (C=O) groups is 1. The Bertz CT molecular complexity index is 662. The van der Waals surface area contributed by atoms with Crippen LogP contribution in [0.1, 0.15) is 28.1 Å². The Morgan fingerprint density at radius 2 is 2.05 bits per heavy atom. The maximum atomic E-state index is 12.2. The van der Waals surface area contributed by atoms with Gasteiger partial charge in [0.2, 0.25) is 0 Å². The van der Waals surface area contributed by atoms with Crippen LogP contribution in [-0.4, -0.2) is 19.0 Å². The van der Waals surface area contributed by atoms with E-state index in [1.165, 1.54) is 29.9 Å². The number of carbonyl (C=O) groups excluding carboxylic acids is 1. The summed E-state index contributed by atoms with van der Waals surface area (Å²) in [6.45, 7) is 4.30. The van der Waals surface area contributed by atoms with Gasteiger partial charge in [-0.1, -0.05) is 0 Å². The Morgan fingerprint density at radius 1 is 1.29 bits per heavy atom. The Hall–Kier alpha value is -1.33. The van der Waals surface area contributed by atoms with E-state index in [4.69, 9.17) is 0 Å². The lowest BCUT2D eigenvalue weighted by Gasteiger charge is -2.19. The highest BCUT2D eigenvalue weighted by atomic mass is 79.9. The predicted molar refractivity (Wildman–Crippen MR) is 92.6 cm³/mol. The van der Waals surface area contributed by atoms with Gasteiger partial charge in [0.05, 0.1) is 0 Å². The topological polar surface area (TPSA) is 32.3 Å². The molecule has 0 bridgehead atoms. The number of nitrogens with one attached hydrogen (secondary N) is 1. The largest absolute Gasteiger partial charge is 0.372 e. The van der Waals surface area contributed by atoms with Crippen molar-refractivity contribution in [2.24, 2.45) is 0 Å². The number of rotatable bonds is 3. The number of hydrogen-bond donors (Lipinski definition) is 1. The normalized spacial score (nSPS) is 14.5. The van der Waals surface area contributed by atoms with Gasteiger partial charge in [-0.2, -0.15) is 0 Å². The molecule has 0 saturated carbocycles. The molecule has 1 amide bonds. The summed E-state index contributed by atoms with van der Waals surface area (Å²) >= 11 is 4.84. The lowest BCUT2D eigenvalue weighted by atomic mass is 10.1. The minimum absolute atomic E-state index is 0.0612. The molecule has 0 spiro atoms. The van der Waals surface area contributed by atoms with Gasteiger partial charge < -0.3 is 10.2 Å². The fourth-order valence-electron chi connectivity index (χ4n) is 2.59. The molecule has 1 aliphatic heterocycles. The summed E-state index contributed by atoms with van der Waals surface area (Å²) in [7, 11) is 0. The summed E-state index contributed by atoms with van der Waals surface area (Å²) < 4.78 is 0.844. The zero-order valence-corrected chi connectivity index (χ0v) is 14.3. The van der Waals surface area contributed by atoms with Crippen LogP contribution in [-0.2, 0) is 0 Å². The van der Waals surface area contributed by atoms with E-state index < -0.39 is 0 Å². The van der Waals surface area contributed by atoms with Crippen molar-refractivity contribution in [1.82, 2.24) is 0 Å². The van der Waals surface area contributed by atoms with Gasteiger partial charge in [0.1, 0.15) is 4.88 Å². The quantitative estimate of drug-likeness (QED) is 0.857. The minimum Gasteiger partial charge on any atom is -0.372 e. The number of nitrogens with zero attached hydrogens (tertiary/aromatic N) is 1. The van der Waals surface area contributed by atoms with Crippen molar-refractivity contribution in [3.05, 3.63) is 44.6 Å². The van der Waals surface area contributed by atoms with Crippen LogP contribution in [0.5, 0.6) is 0 Å². The molecule has 3 nitrogen and oxygen atoms in total. The van der Waals surface area contributed by atoms with Gasteiger partial charge in [-0.05, 0) is 70.9 Å². The van der Waals surface area contributed by atoms with Crippen LogP contribution in [0.4, 0.5) is 11.4 Å². The third kappa shape index (κ3) is 3.14. The average molecular weight is 365 g/mol. The van der Waals surface area contributed by atoms with Gasteiger partial charge in [-0.25, -0.2) is 0 Å². The maximum absolute atomic E-state index is 12.2. The average Bonchev–Trinajstić information content (AvgIpc) is 3.12. The van der Waals surface area contributed by atoms with Gasteiger partial charge in [-0.3, -0.25) is 4.79 Å². The first-order chi connectivity index (χ1) is 10.1. The summed E-state index contributed by atoms with van der Waals surface area (Å²) in [6, 6.07) is 8.15. The number of anilines is 2. The molecule has 1 aromatic heterocycles. The van der Waals surface area contributed by atoms with E-state index in [1.54, 1.807) is 0 Å². The number of halogens is 1. The molecule has 0 radical (unpaired) electrons. The third-order valence-electron chi connectivity index (χ3n) is 3.75. The fourth-order valence-corrected chi connectivity index (χ4v) is 4.04. The van der Waals surface area contributed by atoms with Gasteiger partial charge in [0.15, 0.2) is 0 Å². The second-order valence-corrected chi connectivity index (χ2v) is 7.02. The SMILES string of the molecule is Cc1cc(N2CCCC2)ccc1NC(=O)c1sccc1Br. The molecule has 110 valence electrons. The van der Waals surface area contributed by atoms with E-state index in [0.29, 0.717) is 4.88 Å². The number of aryl methyl sites for hydroxylation is 1. The van der Waals surface area contributed by atoms with Gasteiger partial charge >= 0.3 is 0 Å². The van der Waals surface area contributed by atoms with E-state index in [2.05, 4.69) is 38.3 Å². The second-order valence-electron chi connectivity index (χ2n) is 5.25. The Kier molecular flexibility index (Phi) is 4.31. The van der Waals surface area contributed by atoms with Gasteiger partial charge in [0.25, 0.3) is 5.91 Å². The molecule has 2 heterocycles. The van der Waals surface area contributed by atoms with Crippen LogP contribution in [0.3, 0.4) is 0 Å². The number of thiophene rings is 1. The molecule has 0 unspecified atom stereocenters. The molecule has 1 aromatic carbocycles. The summed E-state index contributed by atoms with van der Waals surface area (Å²) in [5, 5.41) is 4.90. The highest BCUT2D eigenvalue weighted by Gasteiger charge is 2.15. The summed E-state index contributed by atoms with van der Waals surface area (Å²) in [4.78, 5) is 15.4. The minimum atomic E-state index is -0.0612. The van der Waals surface area contributed by atoms with Crippen LogP contribution in [0, 0.1) is 6.92 Å². The number of benzene rings is 1. The van der Waals surface area contributed by atoms with Crippen molar-refractivity contribution in [3.63, 3.8) is 0 Å². The first kappa shape index (κ1) is 14.6. The molecule has 2 aromatic rings. The molecule has 1 saturated heterocycles. The van der Waals surface area contributed by atoms with Crippen LogP contribution < -0.4 is 10.2 Å². The Labute approximate surface area is 137 Å².